The molecule has 1 heterocycles. The summed E-state index contributed by atoms with van der Waals surface area (Å²) in [5, 5.41) is 3.27. The molecule has 6 nitrogen and oxygen atoms in total. The largest absolute Gasteiger partial charge is 0.484 e. The van der Waals surface area contributed by atoms with Gasteiger partial charge < -0.3 is 10.1 Å². The molecule has 29 heavy (non-hydrogen) atoms. The molecule has 1 N–H and O–H groups in total. The van der Waals surface area contributed by atoms with Gasteiger partial charge in [-0.2, -0.15) is 0 Å². The van der Waals surface area contributed by atoms with E-state index in [0.29, 0.717) is 33.3 Å². The van der Waals surface area contributed by atoms with E-state index in [1.165, 1.54) is 0 Å². The Kier molecular flexibility index (Phi) is 5.01. The van der Waals surface area contributed by atoms with Gasteiger partial charge in [-0.25, -0.2) is 4.90 Å². The van der Waals surface area contributed by atoms with Crippen LogP contribution in [0.15, 0.2) is 72.8 Å². The van der Waals surface area contributed by atoms with Gasteiger partial charge in [0.25, 0.3) is 17.7 Å². The number of nitrogens with zero attached hydrogens (tertiary/aromatic N) is 1. The molecule has 0 spiro atoms. The number of hydrogen-bond acceptors (Lipinski definition) is 4. The zero-order valence-corrected chi connectivity index (χ0v) is 15.8. The quantitative estimate of drug-likeness (QED) is 0.645. The summed E-state index contributed by atoms with van der Waals surface area (Å²) in [6.07, 6.45) is 0. The van der Waals surface area contributed by atoms with Crippen LogP contribution in [0.3, 0.4) is 0 Å². The van der Waals surface area contributed by atoms with E-state index in [9.17, 15) is 14.4 Å². The Labute approximate surface area is 171 Å². The average molecular weight is 407 g/mol. The number of ether oxygens (including phenoxy) is 1. The van der Waals surface area contributed by atoms with E-state index in [4.69, 9.17) is 16.3 Å². The lowest BCUT2D eigenvalue weighted by atomic mass is 10.1. The molecule has 3 aromatic rings. The highest BCUT2D eigenvalue weighted by molar-refractivity contribution is 6.35. The van der Waals surface area contributed by atoms with Gasteiger partial charge in [0.1, 0.15) is 5.75 Å². The highest BCUT2D eigenvalue weighted by Crippen LogP contribution is 2.33. The number of carbonyl (C=O) groups excluding carboxylic acids is 3. The minimum Gasteiger partial charge on any atom is -0.484 e. The van der Waals surface area contributed by atoms with Crippen molar-refractivity contribution in [2.24, 2.45) is 0 Å². The number of anilines is 2. The van der Waals surface area contributed by atoms with Gasteiger partial charge >= 0.3 is 0 Å². The van der Waals surface area contributed by atoms with Crippen LogP contribution in [0.4, 0.5) is 11.4 Å². The first-order chi connectivity index (χ1) is 14.0. The van der Waals surface area contributed by atoms with Gasteiger partial charge in [-0.1, -0.05) is 35.9 Å². The monoisotopic (exact) mass is 406 g/mol. The Hall–Kier alpha value is -3.64. The molecule has 0 aromatic heterocycles. The lowest BCUT2D eigenvalue weighted by Crippen LogP contribution is -2.31. The van der Waals surface area contributed by atoms with Crippen molar-refractivity contribution in [1.29, 1.82) is 0 Å². The Morgan fingerprint density at radius 3 is 2.10 bits per heavy atom. The second kappa shape index (κ2) is 7.77. The van der Waals surface area contributed by atoms with E-state index in [1.54, 1.807) is 72.8 Å². The number of amides is 3. The number of hydrogen-bond donors (Lipinski definition) is 1. The van der Waals surface area contributed by atoms with Gasteiger partial charge in [-0.3, -0.25) is 14.4 Å². The van der Waals surface area contributed by atoms with E-state index in [2.05, 4.69) is 5.32 Å². The number of imide groups is 1. The fourth-order valence-corrected chi connectivity index (χ4v) is 3.17. The van der Waals surface area contributed by atoms with E-state index in [-0.39, 0.29) is 6.61 Å². The van der Waals surface area contributed by atoms with Crippen LogP contribution in [-0.2, 0) is 4.79 Å². The molecular weight excluding hydrogens is 392 g/mol. The van der Waals surface area contributed by atoms with Crippen molar-refractivity contribution in [2.45, 2.75) is 0 Å². The molecule has 0 fully saturated rings. The average Bonchev–Trinajstić information content (AvgIpc) is 2.99. The molecule has 1 aliphatic heterocycles. The number of para-hydroxylation sites is 2. The third-order valence-corrected chi connectivity index (χ3v) is 4.65. The summed E-state index contributed by atoms with van der Waals surface area (Å²) in [7, 11) is 0. The van der Waals surface area contributed by atoms with Crippen LogP contribution < -0.4 is 15.0 Å². The Balaban J connectivity index is 1.52. The van der Waals surface area contributed by atoms with Gasteiger partial charge in [-0.05, 0) is 48.5 Å². The molecule has 0 radical (unpaired) electrons. The molecule has 0 saturated carbocycles. The summed E-state index contributed by atoms with van der Waals surface area (Å²) in [5.41, 5.74) is 1.32. The summed E-state index contributed by atoms with van der Waals surface area (Å²) in [6.45, 7) is -0.238. The molecule has 0 atom stereocenters. The van der Waals surface area contributed by atoms with Crippen LogP contribution in [0.5, 0.6) is 5.75 Å². The molecule has 144 valence electrons. The number of fused-ring (bicyclic) bond motifs is 1. The number of benzene rings is 3. The smallest absolute Gasteiger partial charge is 0.266 e. The minimum absolute atomic E-state index is 0.238. The van der Waals surface area contributed by atoms with Crippen LogP contribution in [0, 0.1) is 0 Å². The molecule has 3 amide bonds. The molecule has 0 saturated heterocycles. The van der Waals surface area contributed by atoms with Crippen molar-refractivity contribution < 1.29 is 19.1 Å². The van der Waals surface area contributed by atoms with Crippen molar-refractivity contribution in [3.05, 3.63) is 88.9 Å². The molecule has 0 bridgehead atoms. The Morgan fingerprint density at radius 2 is 1.45 bits per heavy atom. The number of carbonyl (C=O) groups is 3. The molecule has 0 aliphatic carbocycles. The first-order valence-corrected chi connectivity index (χ1v) is 9.17. The second-order valence-electron chi connectivity index (χ2n) is 6.30. The molecule has 4 rings (SSSR count). The van der Waals surface area contributed by atoms with Crippen LogP contribution in [0.2, 0.25) is 5.02 Å². The van der Waals surface area contributed by atoms with Gasteiger partial charge in [0, 0.05) is 5.02 Å². The predicted molar refractivity (Wildman–Crippen MR) is 110 cm³/mol. The zero-order chi connectivity index (χ0) is 20.4. The van der Waals surface area contributed by atoms with Gasteiger partial charge in [0.15, 0.2) is 6.61 Å². The fourth-order valence-electron chi connectivity index (χ4n) is 3.05. The van der Waals surface area contributed by atoms with Gasteiger partial charge in [0.2, 0.25) is 0 Å². The van der Waals surface area contributed by atoms with Crippen LogP contribution >= 0.6 is 11.6 Å². The van der Waals surface area contributed by atoms with E-state index < -0.39 is 17.7 Å². The van der Waals surface area contributed by atoms with Crippen molar-refractivity contribution in [2.75, 3.05) is 16.8 Å². The Morgan fingerprint density at radius 1 is 0.862 bits per heavy atom. The maximum atomic E-state index is 12.7. The van der Waals surface area contributed by atoms with Gasteiger partial charge in [-0.15, -0.1) is 0 Å². The molecule has 1 aliphatic rings. The number of halogens is 1. The van der Waals surface area contributed by atoms with Crippen LogP contribution in [0.25, 0.3) is 0 Å². The second-order valence-corrected chi connectivity index (χ2v) is 6.74. The van der Waals surface area contributed by atoms with E-state index >= 15 is 0 Å². The van der Waals surface area contributed by atoms with Crippen molar-refractivity contribution in [3.8, 4) is 5.75 Å². The number of nitrogens with one attached hydrogen (secondary N) is 1. The summed E-state index contributed by atoms with van der Waals surface area (Å²) < 4.78 is 5.44. The first kappa shape index (κ1) is 18.7. The summed E-state index contributed by atoms with van der Waals surface area (Å²) in [6, 6.07) is 19.9. The maximum absolute atomic E-state index is 12.7. The third-order valence-electron chi connectivity index (χ3n) is 4.40. The van der Waals surface area contributed by atoms with E-state index in [1.807, 2.05) is 0 Å². The molecule has 0 unspecified atom stereocenters. The number of rotatable bonds is 5. The lowest BCUT2D eigenvalue weighted by molar-refractivity contribution is -0.118. The summed E-state index contributed by atoms with van der Waals surface area (Å²) in [5.74, 6) is -0.781. The lowest BCUT2D eigenvalue weighted by Gasteiger charge is -2.18. The molecular formula is C22H15ClN2O4. The topological polar surface area (TPSA) is 75.7 Å². The standard InChI is InChI=1S/C22H15ClN2O4/c23-14-9-11-15(12-10-14)29-13-20(26)24-18-7-3-4-8-19(18)25-21(27)16-5-1-2-6-17(16)22(25)28/h1-12H,13H2,(H,24,26). The normalized spacial score (nSPS) is 12.7. The van der Waals surface area contributed by atoms with Crippen LogP contribution in [-0.4, -0.2) is 24.3 Å². The van der Waals surface area contributed by atoms with Crippen molar-refractivity contribution in [1.82, 2.24) is 0 Å². The zero-order valence-electron chi connectivity index (χ0n) is 15.1. The summed E-state index contributed by atoms with van der Waals surface area (Å²) in [4.78, 5) is 38.9. The Bertz CT molecular complexity index is 1080. The minimum atomic E-state index is -0.427. The highest BCUT2D eigenvalue weighted by atomic mass is 35.5. The van der Waals surface area contributed by atoms with Crippen LogP contribution in [0.1, 0.15) is 20.7 Å². The summed E-state index contributed by atoms with van der Waals surface area (Å²) >= 11 is 5.82. The van der Waals surface area contributed by atoms with Crippen molar-refractivity contribution in [3.63, 3.8) is 0 Å². The fraction of sp³-hybridized carbons (Fsp3) is 0.0455. The van der Waals surface area contributed by atoms with E-state index in [0.717, 1.165) is 4.90 Å². The highest BCUT2D eigenvalue weighted by Gasteiger charge is 2.37. The van der Waals surface area contributed by atoms with Gasteiger partial charge in [0.05, 0.1) is 22.5 Å². The third kappa shape index (κ3) is 3.70. The first-order valence-electron chi connectivity index (χ1n) is 8.79. The van der Waals surface area contributed by atoms with Crippen molar-refractivity contribution >= 4 is 40.7 Å². The molecule has 7 heteroatoms. The molecule has 3 aromatic carbocycles. The predicted octanol–water partition coefficient (Wildman–Crippen LogP) is 4.16. The maximum Gasteiger partial charge on any atom is 0.266 e. The SMILES string of the molecule is O=C(COc1ccc(Cl)cc1)Nc1ccccc1N1C(=O)c2ccccc2C1=O.